The van der Waals surface area contributed by atoms with Crippen LogP contribution in [-0.4, -0.2) is 24.1 Å². The highest BCUT2D eigenvalue weighted by atomic mass is 16.5. The molecule has 108 valence electrons. The van der Waals surface area contributed by atoms with Crippen molar-refractivity contribution < 1.29 is 13.9 Å². The van der Waals surface area contributed by atoms with Crippen LogP contribution >= 0.6 is 0 Å². The molecule has 0 spiro atoms. The maximum absolute atomic E-state index is 11.8. The first-order chi connectivity index (χ1) is 10.3. The van der Waals surface area contributed by atoms with E-state index < -0.39 is 0 Å². The van der Waals surface area contributed by atoms with E-state index in [2.05, 4.69) is 9.88 Å². The number of nitrogens with one attached hydrogen (secondary N) is 1. The number of furan rings is 1. The molecular weight excluding hydrogens is 268 g/mol. The topological polar surface area (TPSA) is 56.4 Å². The number of hydrogen-bond donors (Lipinski definition) is 1. The van der Waals surface area contributed by atoms with E-state index in [9.17, 15) is 4.79 Å². The average molecular weight is 284 g/mol. The molecule has 2 heterocycles. The molecule has 0 fully saturated rings. The molecule has 0 aliphatic rings. The molecule has 5 heteroatoms. The molecule has 0 aliphatic heterocycles. The summed E-state index contributed by atoms with van der Waals surface area (Å²) in [7, 11) is 1.66. The van der Waals surface area contributed by atoms with Crippen LogP contribution in [0.1, 0.15) is 10.6 Å². The molecule has 5 nitrogen and oxygen atoms in total. The highest BCUT2D eigenvalue weighted by Crippen LogP contribution is 2.21. The molecule has 0 saturated carbocycles. The Labute approximate surface area is 122 Å². The third-order valence-electron chi connectivity index (χ3n) is 3.36. The van der Waals surface area contributed by atoms with Crippen LogP contribution in [0.3, 0.4) is 0 Å². The van der Waals surface area contributed by atoms with Gasteiger partial charge in [0.25, 0.3) is 5.91 Å². The van der Waals surface area contributed by atoms with Gasteiger partial charge in [-0.05, 0) is 36.4 Å². The van der Waals surface area contributed by atoms with Crippen molar-refractivity contribution in [3.8, 4) is 5.75 Å². The number of methoxy groups -OCH3 is 1. The Kier molecular flexibility index (Phi) is 3.64. The van der Waals surface area contributed by atoms with Gasteiger partial charge in [-0.25, -0.2) is 0 Å². The van der Waals surface area contributed by atoms with Gasteiger partial charge < -0.3 is 19.0 Å². The van der Waals surface area contributed by atoms with Gasteiger partial charge in [0.15, 0.2) is 5.76 Å². The molecule has 0 aliphatic carbocycles. The number of carbonyl (C=O) groups excluding carboxylic acids is 1. The van der Waals surface area contributed by atoms with Gasteiger partial charge in [0.1, 0.15) is 5.75 Å². The van der Waals surface area contributed by atoms with Crippen LogP contribution in [0.4, 0.5) is 0 Å². The summed E-state index contributed by atoms with van der Waals surface area (Å²) in [5, 5.41) is 3.95. The van der Waals surface area contributed by atoms with Crippen molar-refractivity contribution in [3.05, 3.63) is 54.6 Å². The smallest absolute Gasteiger partial charge is 0.287 e. The summed E-state index contributed by atoms with van der Waals surface area (Å²) in [5.74, 6) is 0.974. The maximum Gasteiger partial charge on any atom is 0.287 e. The Morgan fingerprint density at radius 3 is 3.00 bits per heavy atom. The summed E-state index contributed by atoms with van der Waals surface area (Å²) in [5.41, 5.74) is 1.11. The fourth-order valence-corrected chi connectivity index (χ4v) is 2.28. The third-order valence-corrected chi connectivity index (χ3v) is 3.36. The molecule has 0 unspecified atom stereocenters. The average Bonchev–Trinajstić information content (AvgIpc) is 3.16. The second-order valence-corrected chi connectivity index (χ2v) is 4.67. The van der Waals surface area contributed by atoms with Gasteiger partial charge in [-0.2, -0.15) is 0 Å². The number of nitrogens with zero attached hydrogens (tertiary/aromatic N) is 1. The van der Waals surface area contributed by atoms with Crippen molar-refractivity contribution in [1.29, 1.82) is 0 Å². The van der Waals surface area contributed by atoms with E-state index in [0.717, 1.165) is 16.7 Å². The van der Waals surface area contributed by atoms with Gasteiger partial charge in [0.2, 0.25) is 0 Å². The summed E-state index contributed by atoms with van der Waals surface area (Å²) in [6.45, 7) is 1.23. The fourth-order valence-electron chi connectivity index (χ4n) is 2.28. The molecule has 1 N–H and O–H groups in total. The monoisotopic (exact) mass is 284 g/mol. The zero-order chi connectivity index (χ0) is 14.7. The molecule has 0 atom stereocenters. The van der Waals surface area contributed by atoms with Crippen molar-refractivity contribution in [3.63, 3.8) is 0 Å². The van der Waals surface area contributed by atoms with Crippen molar-refractivity contribution in [2.75, 3.05) is 13.7 Å². The lowest BCUT2D eigenvalue weighted by molar-refractivity contribution is 0.0924. The third kappa shape index (κ3) is 2.76. The number of amides is 1. The van der Waals surface area contributed by atoms with Crippen molar-refractivity contribution >= 4 is 16.8 Å². The predicted octanol–water partition coefficient (Wildman–Crippen LogP) is 2.67. The molecule has 21 heavy (non-hydrogen) atoms. The Hall–Kier alpha value is -2.69. The van der Waals surface area contributed by atoms with E-state index in [1.165, 1.54) is 6.26 Å². The number of fused-ring (bicyclic) bond motifs is 1. The van der Waals surface area contributed by atoms with Crippen LogP contribution in [0.5, 0.6) is 5.75 Å². The van der Waals surface area contributed by atoms with Crippen molar-refractivity contribution in [1.82, 2.24) is 9.88 Å². The summed E-state index contributed by atoms with van der Waals surface area (Å²) in [4.78, 5) is 11.8. The number of ether oxygens (including phenoxy) is 1. The minimum Gasteiger partial charge on any atom is -0.497 e. The Morgan fingerprint density at radius 2 is 2.24 bits per heavy atom. The second-order valence-electron chi connectivity index (χ2n) is 4.67. The van der Waals surface area contributed by atoms with Crippen LogP contribution in [-0.2, 0) is 6.54 Å². The highest BCUT2D eigenvalue weighted by molar-refractivity contribution is 5.91. The van der Waals surface area contributed by atoms with Crippen molar-refractivity contribution in [2.45, 2.75) is 6.54 Å². The Balaban J connectivity index is 1.64. The maximum atomic E-state index is 11.8. The highest BCUT2D eigenvalue weighted by Gasteiger charge is 2.07. The predicted molar refractivity (Wildman–Crippen MR) is 79.5 cm³/mol. The van der Waals surface area contributed by atoms with Gasteiger partial charge in [-0.1, -0.05) is 0 Å². The van der Waals surface area contributed by atoms with Gasteiger partial charge in [-0.15, -0.1) is 0 Å². The quantitative estimate of drug-likeness (QED) is 0.783. The molecule has 3 aromatic rings. The summed E-state index contributed by atoms with van der Waals surface area (Å²) < 4.78 is 12.3. The van der Waals surface area contributed by atoms with Gasteiger partial charge >= 0.3 is 0 Å². The van der Waals surface area contributed by atoms with Crippen LogP contribution in [0.15, 0.2) is 53.3 Å². The zero-order valence-electron chi connectivity index (χ0n) is 11.7. The normalized spacial score (nSPS) is 10.7. The van der Waals surface area contributed by atoms with E-state index in [-0.39, 0.29) is 5.91 Å². The largest absolute Gasteiger partial charge is 0.497 e. The first-order valence-corrected chi connectivity index (χ1v) is 6.72. The van der Waals surface area contributed by atoms with Crippen LogP contribution in [0, 0.1) is 0 Å². The molecular formula is C16H16N2O3. The Morgan fingerprint density at radius 1 is 1.33 bits per heavy atom. The van der Waals surface area contributed by atoms with E-state index in [4.69, 9.17) is 9.15 Å². The minimum atomic E-state index is -0.196. The van der Waals surface area contributed by atoms with Crippen LogP contribution in [0.2, 0.25) is 0 Å². The van der Waals surface area contributed by atoms with E-state index in [1.54, 1.807) is 19.2 Å². The zero-order valence-corrected chi connectivity index (χ0v) is 11.7. The first kappa shape index (κ1) is 13.3. The summed E-state index contributed by atoms with van der Waals surface area (Å²) in [6, 6.07) is 11.3. The van der Waals surface area contributed by atoms with E-state index in [1.807, 2.05) is 30.5 Å². The second kappa shape index (κ2) is 5.75. The van der Waals surface area contributed by atoms with Gasteiger partial charge in [-0.3, -0.25) is 4.79 Å². The number of hydrogen-bond acceptors (Lipinski definition) is 3. The molecule has 2 aromatic heterocycles. The number of aromatic nitrogens is 1. The van der Waals surface area contributed by atoms with Gasteiger partial charge in [0, 0.05) is 30.2 Å². The standard InChI is InChI=1S/C16H16N2O3/c1-20-13-4-5-14-12(11-13)6-8-18(14)9-7-17-16(19)15-3-2-10-21-15/h2-6,8,10-11H,7,9H2,1H3,(H,17,19). The molecule has 0 bridgehead atoms. The minimum absolute atomic E-state index is 0.196. The van der Waals surface area contributed by atoms with Gasteiger partial charge in [0.05, 0.1) is 13.4 Å². The lowest BCUT2D eigenvalue weighted by Crippen LogP contribution is -2.26. The van der Waals surface area contributed by atoms with Crippen LogP contribution < -0.4 is 10.1 Å². The molecule has 0 saturated heterocycles. The SMILES string of the molecule is COc1ccc2c(ccn2CCNC(=O)c2ccco2)c1. The molecule has 1 amide bonds. The number of rotatable bonds is 5. The number of carbonyl (C=O) groups is 1. The number of benzene rings is 1. The summed E-state index contributed by atoms with van der Waals surface area (Å²) in [6.07, 6.45) is 3.49. The first-order valence-electron chi connectivity index (χ1n) is 6.72. The fraction of sp³-hybridized carbons (Fsp3) is 0.188. The molecule has 0 radical (unpaired) electrons. The van der Waals surface area contributed by atoms with E-state index >= 15 is 0 Å². The molecule has 3 rings (SSSR count). The van der Waals surface area contributed by atoms with Crippen LogP contribution in [0.25, 0.3) is 10.9 Å². The lowest BCUT2D eigenvalue weighted by atomic mass is 10.2. The van der Waals surface area contributed by atoms with Crippen molar-refractivity contribution in [2.24, 2.45) is 0 Å². The summed E-state index contributed by atoms with van der Waals surface area (Å²) >= 11 is 0. The Bertz CT molecular complexity index is 744. The van der Waals surface area contributed by atoms with E-state index in [0.29, 0.717) is 18.8 Å². The lowest BCUT2D eigenvalue weighted by Gasteiger charge is -2.07. The molecule has 1 aromatic carbocycles.